The van der Waals surface area contributed by atoms with Crippen LogP contribution in [0.3, 0.4) is 0 Å². The highest BCUT2D eigenvalue weighted by atomic mass is 31.3. The normalized spacial score (nSPS) is 17.6. The van der Waals surface area contributed by atoms with Crippen molar-refractivity contribution in [2.45, 2.75) is 119 Å². The van der Waals surface area contributed by atoms with Crippen LogP contribution in [0.2, 0.25) is 72.0 Å². The van der Waals surface area contributed by atoms with Gasteiger partial charge in [0.2, 0.25) is 0 Å². The highest BCUT2D eigenvalue weighted by Crippen LogP contribution is 2.56. The van der Waals surface area contributed by atoms with E-state index in [1.54, 1.807) is 0 Å². The molecule has 0 aliphatic heterocycles. The summed E-state index contributed by atoms with van der Waals surface area (Å²) in [6.45, 7) is 39.7. The summed E-state index contributed by atoms with van der Waals surface area (Å²) >= 11 is 0. The molecule has 9 heteroatoms. The number of rotatable bonds is 10. The summed E-state index contributed by atoms with van der Waals surface area (Å²) in [6.07, 6.45) is 0. The van der Waals surface area contributed by atoms with Crippen molar-refractivity contribution in [3.05, 3.63) is 0 Å². The Labute approximate surface area is 202 Å². The van der Waals surface area contributed by atoms with Crippen LogP contribution in [0.15, 0.2) is 0 Å². The zero-order chi connectivity index (χ0) is 25.3. The van der Waals surface area contributed by atoms with E-state index in [2.05, 4.69) is 114 Å². The Hall–Kier alpha value is 1.35. The van der Waals surface area contributed by atoms with Crippen molar-refractivity contribution < 1.29 is 13.1 Å². The van der Waals surface area contributed by atoms with E-state index in [-0.39, 0.29) is 16.7 Å². The summed E-state index contributed by atoms with van der Waals surface area (Å²) < 4.78 is 20.5. The van der Waals surface area contributed by atoms with Crippen molar-refractivity contribution in [3.8, 4) is 0 Å². The van der Waals surface area contributed by atoms with E-state index in [4.69, 9.17) is 13.1 Å². The quantitative estimate of drug-likeness (QED) is 0.204. The Balaban J connectivity index is 6.26. The molecule has 31 heavy (non-hydrogen) atoms. The van der Waals surface area contributed by atoms with E-state index < -0.39 is 40.8 Å². The second-order valence-corrected chi connectivity index (χ2v) is 39.4. The Bertz CT molecular complexity index is 605. The fourth-order valence-electron chi connectivity index (χ4n) is 2.84. The average Bonchev–Trinajstić information content (AvgIpc) is 2.36. The standard InChI is InChI=1S/C22H54O3P2Si4/c1-21(2,3)19(23-28(7,8)9)26-31(16,17)18-27(25-30(13,14)15)20(22(4,5)6)24-29(10,11)12/h20H,18H2,1-17H3. The largest absolute Gasteiger partial charge is 0.408 e. The van der Waals surface area contributed by atoms with Crippen molar-refractivity contribution in [2.24, 2.45) is 10.8 Å². The summed E-state index contributed by atoms with van der Waals surface area (Å²) in [6, 6.07) is 0. The highest BCUT2D eigenvalue weighted by Gasteiger charge is 2.42. The van der Waals surface area contributed by atoms with Crippen LogP contribution in [0.1, 0.15) is 41.5 Å². The van der Waals surface area contributed by atoms with E-state index in [1.807, 2.05) is 0 Å². The van der Waals surface area contributed by atoms with Gasteiger partial charge in [-0.15, -0.1) is 0 Å². The first kappa shape index (κ1) is 32.3. The van der Waals surface area contributed by atoms with Crippen molar-refractivity contribution in [1.82, 2.24) is 0 Å². The summed E-state index contributed by atoms with van der Waals surface area (Å²) in [5, 5.41) is 0. The Morgan fingerprint density at radius 3 is 1.48 bits per heavy atom. The Kier molecular flexibility index (Phi) is 11.4. The van der Waals surface area contributed by atoms with Crippen LogP contribution >= 0.6 is 15.9 Å². The van der Waals surface area contributed by atoms with Gasteiger partial charge >= 0.3 is 0 Å². The minimum absolute atomic E-state index is 0.0622. The SMILES string of the molecule is CC(C)(C)C(O[Si](C)(C)C)=P[Si](C)(C)CP(O[Si](C)(C)C)C(O[Si](C)(C)C)C(C)(C)C. The van der Waals surface area contributed by atoms with Crippen LogP contribution in [-0.4, -0.2) is 49.8 Å². The lowest BCUT2D eigenvalue weighted by Crippen LogP contribution is -2.43. The van der Waals surface area contributed by atoms with Gasteiger partial charge in [-0.05, 0) is 70.1 Å². The molecule has 2 atom stereocenters. The zero-order valence-corrected chi connectivity index (χ0v) is 29.7. The van der Waals surface area contributed by atoms with Crippen molar-refractivity contribution in [1.29, 1.82) is 0 Å². The molecular weight excluding hydrogens is 487 g/mol. The van der Waals surface area contributed by atoms with E-state index >= 15 is 0 Å². The Morgan fingerprint density at radius 2 is 1.19 bits per heavy atom. The van der Waals surface area contributed by atoms with Gasteiger partial charge in [0.15, 0.2) is 25.0 Å². The van der Waals surface area contributed by atoms with Gasteiger partial charge in [0.05, 0.1) is 11.3 Å². The maximum atomic E-state index is 6.97. The van der Waals surface area contributed by atoms with E-state index in [0.29, 0.717) is 0 Å². The topological polar surface area (TPSA) is 27.7 Å². The summed E-state index contributed by atoms with van der Waals surface area (Å²) in [5.74, 6) is 1.34. The minimum Gasteiger partial charge on any atom is -0.408 e. The third kappa shape index (κ3) is 15.1. The third-order valence-corrected chi connectivity index (χ3v) is 20.1. The zero-order valence-electron chi connectivity index (χ0n) is 23.9. The number of hydrogen-bond acceptors (Lipinski definition) is 3. The van der Waals surface area contributed by atoms with Crippen molar-refractivity contribution in [3.63, 3.8) is 0 Å². The molecule has 0 rings (SSSR count). The predicted molar refractivity (Wildman–Crippen MR) is 157 cm³/mol. The van der Waals surface area contributed by atoms with Gasteiger partial charge < -0.3 is 13.1 Å². The van der Waals surface area contributed by atoms with Crippen LogP contribution in [0, 0.1) is 10.8 Å². The van der Waals surface area contributed by atoms with E-state index in [9.17, 15) is 0 Å². The molecule has 0 amide bonds. The summed E-state index contributed by atoms with van der Waals surface area (Å²) in [4.78, 5) is 0. The molecule has 0 N–H and O–H groups in total. The summed E-state index contributed by atoms with van der Waals surface area (Å²) in [7, 11) is -5.97. The smallest absolute Gasteiger partial charge is 0.191 e. The molecule has 0 aromatic rings. The molecule has 0 bridgehead atoms. The minimum atomic E-state index is -1.70. The molecule has 2 unspecified atom stereocenters. The lowest BCUT2D eigenvalue weighted by atomic mass is 9.98. The van der Waals surface area contributed by atoms with Gasteiger partial charge in [0.25, 0.3) is 0 Å². The average molecular weight is 541 g/mol. The summed E-state index contributed by atoms with van der Waals surface area (Å²) in [5.41, 5.74) is 1.41. The molecule has 0 aliphatic rings. The molecule has 3 nitrogen and oxygen atoms in total. The first-order chi connectivity index (χ1) is 13.2. The monoisotopic (exact) mass is 540 g/mol. The van der Waals surface area contributed by atoms with Gasteiger partial charge in [0, 0.05) is 13.6 Å². The first-order valence-corrected chi connectivity index (χ1v) is 28.3. The predicted octanol–water partition coefficient (Wildman–Crippen LogP) is 9.18. The fourth-order valence-corrected chi connectivity index (χ4v) is 21.9. The third-order valence-electron chi connectivity index (χ3n) is 3.85. The molecule has 0 saturated heterocycles. The second kappa shape index (κ2) is 10.9. The molecule has 0 fully saturated rings. The van der Waals surface area contributed by atoms with Crippen LogP contribution < -0.4 is 0 Å². The van der Waals surface area contributed by atoms with Crippen LogP contribution in [-0.2, 0) is 13.1 Å². The van der Waals surface area contributed by atoms with Crippen molar-refractivity contribution in [2.75, 3.05) is 5.79 Å². The van der Waals surface area contributed by atoms with E-state index in [1.165, 1.54) is 13.2 Å². The molecule has 0 radical (unpaired) electrons. The number of hydrogen-bond donors (Lipinski definition) is 0. The van der Waals surface area contributed by atoms with Crippen LogP contribution in [0.25, 0.3) is 0 Å². The van der Waals surface area contributed by atoms with Crippen LogP contribution in [0.5, 0.6) is 0 Å². The fraction of sp³-hybridized carbons (Fsp3) is 0.955. The molecule has 0 aliphatic carbocycles. The Morgan fingerprint density at radius 1 is 0.742 bits per heavy atom. The van der Waals surface area contributed by atoms with Gasteiger partial charge in [-0.1, -0.05) is 62.4 Å². The van der Waals surface area contributed by atoms with Gasteiger partial charge in [-0.25, -0.2) is 0 Å². The molecule has 0 aromatic carbocycles. The molecule has 0 saturated carbocycles. The molecular formula is C22H54O3P2Si4. The van der Waals surface area contributed by atoms with Gasteiger partial charge in [0.1, 0.15) is 7.74 Å². The van der Waals surface area contributed by atoms with Crippen LogP contribution in [0.4, 0.5) is 0 Å². The first-order valence-electron chi connectivity index (χ1n) is 11.6. The maximum absolute atomic E-state index is 6.97. The van der Waals surface area contributed by atoms with Crippen molar-refractivity contribution >= 4 is 54.1 Å². The lowest BCUT2D eigenvalue weighted by molar-refractivity contribution is 0.146. The lowest BCUT2D eigenvalue weighted by Gasteiger charge is -2.44. The van der Waals surface area contributed by atoms with Gasteiger partial charge in [-0.3, -0.25) is 0 Å². The molecule has 0 aromatic heterocycles. The molecule has 186 valence electrons. The maximum Gasteiger partial charge on any atom is 0.191 e. The van der Waals surface area contributed by atoms with E-state index in [0.717, 1.165) is 5.79 Å². The molecule has 0 heterocycles. The molecule has 0 spiro atoms. The highest BCUT2D eigenvalue weighted by molar-refractivity contribution is 7.84. The second-order valence-electron chi connectivity index (χ2n) is 14.4. The van der Waals surface area contributed by atoms with Gasteiger partial charge in [-0.2, -0.15) is 0 Å².